The second-order valence-corrected chi connectivity index (χ2v) is 3.22. The molecule has 1 aromatic carbocycles. The van der Waals surface area contributed by atoms with E-state index in [2.05, 4.69) is 4.74 Å². The first-order chi connectivity index (χ1) is 6.40. The first-order valence-electron chi connectivity index (χ1n) is 4.30. The Hall–Kier alpha value is 0.511. The summed E-state index contributed by atoms with van der Waals surface area (Å²) in [6.45, 7) is -2.47. The molecule has 0 fully saturated rings. The molecular weight excluding hydrogens is 231 g/mol. The summed E-state index contributed by atoms with van der Waals surface area (Å²) in [5.41, 5.74) is 1.68. The van der Waals surface area contributed by atoms with Crippen molar-refractivity contribution in [1.82, 2.24) is 0 Å². The summed E-state index contributed by atoms with van der Waals surface area (Å²) in [6.07, 6.45) is 0. The van der Waals surface area contributed by atoms with Gasteiger partial charge in [0.2, 0.25) is 0 Å². The van der Waals surface area contributed by atoms with Crippen LogP contribution in [0, 0.1) is 13.8 Å². The van der Waals surface area contributed by atoms with Gasteiger partial charge in [-0.05, 0) is 31.0 Å². The second-order valence-electron chi connectivity index (χ2n) is 3.22. The van der Waals surface area contributed by atoms with Crippen molar-refractivity contribution in [3.8, 4) is 5.75 Å². The molecule has 1 nitrogen and oxygen atoms in total. The van der Waals surface area contributed by atoms with Crippen LogP contribution in [-0.2, 0) is 0 Å². The average Bonchev–Trinajstić information content (AvgIpc) is 2.06. The molecule has 0 atom stereocenters. The van der Waals surface area contributed by atoms with Crippen molar-refractivity contribution in [3.63, 3.8) is 0 Å². The number of halogens is 3. The predicted octanol–water partition coefficient (Wildman–Crippen LogP) is 0.0728. The first-order valence-corrected chi connectivity index (χ1v) is 4.30. The molecule has 6 heteroatoms. The van der Waals surface area contributed by atoms with E-state index in [9.17, 15) is 12.9 Å². The molecule has 0 aliphatic carbocycles. The summed E-state index contributed by atoms with van der Waals surface area (Å²) in [5.74, 6) is 0.309. The Balaban J connectivity index is 0.00000196. The Labute approximate surface area is 130 Å². The van der Waals surface area contributed by atoms with Gasteiger partial charge < -0.3 is 17.7 Å². The Morgan fingerprint density at radius 1 is 1.20 bits per heavy atom. The van der Waals surface area contributed by atoms with Gasteiger partial charge in [0, 0.05) is 0 Å². The van der Waals surface area contributed by atoms with Crippen LogP contribution in [0.1, 0.15) is 11.1 Å². The summed E-state index contributed by atoms with van der Waals surface area (Å²) in [7, 11) is 0. The van der Waals surface area contributed by atoms with Crippen LogP contribution in [0.2, 0.25) is 0 Å². The Bertz CT molecular complexity index is 328. The van der Waals surface area contributed by atoms with E-state index in [0.717, 1.165) is 11.1 Å². The summed E-state index contributed by atoms with van der Waals surface area (Å²) in [4.78, 5) is 0. The zero-order valence-electron chi connectivity index (χ0n) is 9.06. The zero-order chi connectivity index (χ0) is 10.8. The molecule has 78 valence electrons. The van der Waals surface area contributed by atoms with E-state index in [0.29, 0.717) is 5.75 Å². The second kappa shape index (κ2) is 6.30. The van der Waals surface area contributed by atoms with Crippen molar-refractivity contribution in [2.45, 2.75) is 13.8 Å². The van der Waals surface area contributed by atoms with E-state index in [-0.39, 0.29) is 51.4 Å². The van der Waals surface area contributed by atoms with Crippen LogP contribution in [0.5, 0.6) is 5.75 Å². The van der Waals surface area contributed by atoms with Crippen LogP contribution in [0.4, 0.5) is 12.9 Å². The molecule has 0 aromatic heterocycles. The molecule has 0 spiro atoms. The fraction of sp³-hybridized carbons (Fsp3) is 0.333. The maximum absolute atomic E-state index is 11.9. The molecule has 0 aliphatic heterocycles. The molecule has 0 saturated heterocycles. The van der Waals surface area contributed by atoms with Crippen LogP contribution < -0.4 is 56.1 Å². The van der Waals surface area contributed by atoms with Crippen molar-refractivity contribution >= 4 is 6.98 Å². The number of hydrogen-bond donors (Lipinski definition) is 0. The van der Waals surface area contributed by atoms with E-state index in [1.807, 2.05) is 13.0 Å². The topological polar surface area (TPSA) is 9.23 Å². The van der Waals surface area contributed by atoms with Gasteiger partial charge >= 0.3 is 58.4 Å². The van der Waals surface area contributed by atoms with Crippen molar-refractivity contribution in [3.05, 3.63) is 29.3 Å². The summed E-state index contributed by atoms with van der Waals surface area (Å²) < 4.78 is 40.4. The van der Waals surface area contributed by atoms with Crippen molar-refractivity contribution in [2.24, 2.45) is 0 Å². The molecule has 0 unspecified atom stereocenters. The molecule has 1 aromatic rings. The Morgan fingerprint density at radius 3 is 2.33 bits per heavy atom. The molecule has 0 aliphatic rings. The molecule has 0 radical (unpaired) electrons. The maximum Gasteiger partial charge on any atom is 1.00 e. The van der Waals surface area contributed by atoms with Gasteiger partial charge in [-0.3, -0.25) is 0 Å². The van der Waals surface area contributed by atoms with Gasteiger partial charge in [0.15, 0.2) is 0 Å². The monoisotopic (exact) mass is 242 g/mol. The Morgan fingerprint density at radius 2 is 1.80 bits per heavy atom. The first kappa shape index (κ1) is 15.5. The third-order valence-electron chi connectivity index (χ3n) is 1.98. The standard InChI is InChI=1S/C9H11BF3O.K/c1-7-4-3-5-9(8(7)2)14-6-10(11,12)13;/h3-5H,6H2,1-2H3;/q-1;+1. The van der Waals surface area contributed by atoms with E-state index < -0.39 is 13.5 Å². The smallest absolute Gasteiger partial charge is 0.521 e. The predicted molar refractivity (Wildman–Crippen MR) is 50.5 cm³/mol. The van der Waals surface area contributed by atoms with Crippen LogP contribution in [0.15, 0.2) is 18.2 Å². The fourth-order valence-corrected chi connectivity index (χ4v) is 1.06. The number of rotatable bonds is 3. The largest absolute Gasteiger partial charge is 1.00 e. The van der Waals surface area contributed by atoms with Gasteiger partial charge in [-0.1, -0.05) is 12.1 Å². The van der Waals surface area contributed by atoms with Gasteiger partial charge in [0.1, 0.15) is 5.75 Å². The molecule has 0 amide bonds. The number of benzene rings is 1. The van der Waals surface area contributed by atoms with E-state index in [4.69, 9.17) is 0 Å². The summed E-state index contributed by atoms with van der Waals surface area (Å²) >= 11 is 0. The Kier molecular flexibility index (Phi) is 6.51. The van der Waals surface area contributed by atoms with Crippen LogP contribution in [-0.4, -0.2) is 13.5 Å². The average molecular weight is 242 g/mol. The van der Waals surface area contributed by atoms with Crippen molar-refractivity contribution < 1.29 is 69.1 Å². The van der Waals surface area contributed by atoms with Gasteiger partial charge in [-0.2, -0.15) is 0 Å². The summed E-state index contributed by atoms with van der Waals surface area (Å²) in [6, 6.07) is 5.06. The number of aryl methyl sites for hydroxylation is 1. The molecule has 0 bridgehead atoms. The minimum absolute atomic E-state index is 0. The molecule has 0 N–H and O–H groups in total. The fourth-order valence-electron chi connectivity index (χ4n) is 1.06. The van der Waals surface area contributed by atoms with Crippen LogP contribution in [0.25, 0.3) is 0 Å². The van der Waals surface area contributed by atoms with Gasteiger partial charge in [-0.15, -0.1) is 0 Å². The number of ether oxygens (including phenoxy) is 1. The van der Waals surface area contributed by atoms with Crippen molar-refractivity contribution in [2.75, 3.05) is 6.51 Å². The minimum Gasteiger partial charge on any atom is -0.521 e. The zero-order valence-corrected chi connectivity index (χ0v) is 12.2. The third kappa shape index (κ3) is 5.40. The maximum atomic E-state index is 11.9. The van der Waals surface area contributed by atoms with E-state index in [1.165, 1.54) is 0 Å². The minimum atomic E-state index is -4.88. The quantitative estimate of drug-likeness (QED) is 0.682. The normalized spacial score (nSPS) is 10.7. The van der Waals surface area contributed by atoms with Gasteiger partial charge in [0.05, 0.1) is 6.51 Å². The van der Waals surface area contributed by atoms with Gasteiger partial charge in [0.25, 0.3) is 0 Å². The third-order valence-corrected chi connectivity index (χ3v) is 1.98. The molecule has 0 saturated carbocycles. The van der Waals surface area contributed by atoms with Crippen molar-refractivity contribution in [1.29, 1.82) is 0 Å². The van der Waals surface area contributed by atoms with E-state index in [1.54, 1.807) is 19.1 Å². The molecule has 0 heterocycles. The van der Waals surface area contributed by atoms with Crippen LogP contribution >= 0.6 is 0 Å². The molecule has 1 rings (SSSR count). The van der Waals surface area contributed by atoms with E-state index >= 15 is 0 Å². The number of hydrogen-bond acceptors (Lipinski definition) is 1. The SMILES string of the molecule is Cc1cccc(OC[B-](F)(F)F)c1C.[K+]. The molecule has 15 heavy (non-hydrogen) atoms. The summed E-state index contributed by atoms with van der Waals surface area (Å²) in [5, 5.41) is 0. The van der Waals surface area contributed by atoms with Gasteiger partial charge in [-0.25, -0.2) is 0 Å². The molecular formula is C9H11BF3KO. The van der Waals surface area contributed by atoms with Crippen LogP contribution in [0.3, 0.4) is 0 Å².